The molecule has 1 heterocycles. The molecule has 3 nitrogen and oxygen atoms in total. The van der Waals surface area contributed by atoms with Gasteiger partial charge in [-0.2, -0.15) is 0 Å². The van der Waals surface area contributed by atoms with Gasteiger partial charge in [0.05, 0.1) is 6.10 Å². The zero-order valence-corrected chi connectivity index (χ0v) is 11.8. The minimum Gasteiger partial charge on any atom is -0.382 e. The summed E-state index contributed by atoms with van der Waals surface area (Å²) in [6.45, 7) is 2.65. The van der Waals surface area contributed by atoms with Crippen LogP contribution in [0.5, 0.6) is 0 Å². The standard InChI is InChI=1S/C15H17ClN2O/c1-11-8-14(6-7-17-11)18-10-15(19-2)12-4-3-5-13(16)9-12/h3-9,15H,10H2,1-2H3,(H,17,18). The van der Waals surface area contributed by atoms with Crippen molar-refractivity contribution in [3.8, 4) is 0 Å². The van der Waals surface area contributed by atoms with E-state index in [0.29, 0.717) is 6.54 Å². The molecule has 2 rings (SSSR count). The number of benzene rings is 1. The van der Waals surface area contributed by atoms with Crippen molar-refractivity contribution in [3.63, 3.8) is 0 Å². The number of anilines is 1. The molecule has 1 aromatic heterocycles. The molecule has 1 atom stereocenters. The summed E-state index contributed by atoms with van der Waals surface area (Å²) >= 11 is 6.00. The van der Waals surface area contributed by atoms with Gasteiger partial charge in [0.2, 0.25) is 0 Å². The first-order valence-electron chi connectivity index (χ1n) is 6.14. The first-order valence-corrected chi connectivity index (χ1v) is 6.51. The van der Waals surface area contributed by atoms with Crippen LogP contribution in [0.25, 0.3) is 0 Å². The van der Waals surface area contributed by atoms with Crippen molar-refractivity contribution in [2.75, 3.05) is 19.0 Å². The van der Waals surface area contributed by atoms with Gasteiger partial charge in [-0.15, -0.1) is 0 Å². The van der Waals surface area contributed by atoms with Crippen molar-refractivity contribution in [2.45, 2.75) is 13.0 Å². The van der Waals surface area contributed by atoms with E-state index >= 15 is 0 Å². The number of methoxy groups -OCH3 is 1. The second kappa shape index (κ2) is 6.55. The van der Waals surface area contributed by atoms with Crippen LogP contribution >= 0.6 is 11.6 Å². The first-order chi connectivity index (χ1) is 9.19. The molecule has 0 aliphatic heterocycles. The summed E-state index contributed by atoms with van der Waals surface area (Å²) in [5.74, 6) is 0. The van der Waals surface area contributed by atoms with Crippen molar-refractivity contribution in [2.24, 2.45) is 0 Å². The van der Waals surface area contributed by atoms with E-state index in [1.54, 1.807) is 13.3 Å². The molecule has 100 valence electrons. The molecule has 19 heavy (non-hydrogen) atoms. The van der Waals surface area contributed by atoms with Crippen LogP contribution in [0.1, 0.15) is 17.4 Å². The van der Waals surface area contributed by atoms with Crippen LogP contribution in [0.3, 0.4) is 0 Å². The maximum absolute atomic E-state index is 6.00. The van der Waals surface area contributed by atoms with E-state index in [1.807, 2.05) is 43.3 Å². The van der Waals surface area contributed by atoms with Crippen LogP contribution in [-0.4, -0.2) is 18.6 Å². The van der Waals surface area contributed by atoms with E-state index in [-0.39, 0.29) is 6.10 Å². The molecule has 0 aliphatic rings. The Morgan fingerprint density at radius 1 is 1.32 bits per heavy atom. The zero-order valence-electron chi connectivity index (χ0n) is 11.1. The van der Waals surface area contributed by atoms with E-state index < -0.39 is 0 Å². The van der Waals surface area contributed by atoms with Crippen molar-refractivity contribution >= 4 is 17.3 Å². The Morgan fingerprint density at radius 3 is 2.84 bits per heavy atom. The number of halogens is 1. The molecule has 0 amide bonds. The zero-order chi connectivity index (χ0) is 13.7. The lowest BCUT2D eigenvalue weighted by molar-refractivity contribution is 0.114. The average molecular weight is 277 g/mol. The van der Waals surface area contributed by atoms with Crippen molar-refractivity contribution in [1.82, 2.24) is 4.98 Å². The van der Waals surface area contributed by atoms with E-state index in [9.17, 15) is 0 Å². The highest BCUT2D eigenvalue weighted by atomic mass is 35.5. The van der Waals surface area contributed by atoms with Crippen LogP contribution in [0.15, 0.2) is 42.6 Å². The predicted octanol–water partition coefficient (Wildman–Crippen LogP) is 3.84. The van der Waals surface area contributed by atoms with Crippen LogP contribution in [-0.2, 0) is 4.74 Å². The van der Waals surface area contributed by atoms with E-state index in [4.69, 9.17) is 16.3 Å². The smallest absolute Gasteiger partial charge is 0.0993 e. The number of hydrogen-bond donors (Lipinski definition) is 1. The quantitative estimate of drug-likeness (QED) is 0.901. The number of pyridine rings is 1. The number of ether oxygens (including phenoxy) is 1. The molecule has 0 saturated heterocycles. The highest BCUT2D eigenvalue weighted by Crippen LogP contribution is 2.21. The normalized spacial score (nSPS) is 12.2. The molecule has 0 radical (unpaired) electrons. The van der Waals surface area contributed by atoms with Gasteiger partial charge in [0.25, 0.3) is 0 Å². The fraction of sp³-hybridized carbons (Fsp3) is 0.267. The lowest BCUT2D eigenvalue weighted by atomic mass is 10.1. The number of aryl methyl sites for hydroxylation is 1. The summed E-state index contributed by atoms with van der Waals surface area (Å²) in [4.78, 5) is 4.17. The lowest BCUT2D eigenvalue weighted by Crippen LogP contribution is -2.14. The largest absolute Gasteiger partial charge is 0.382 e. The maximum atomic E-state index is 6.00. The Morgan fingerprint density at radius 2 is 2.16 bits per heavy atom. The Balaban J connectivity index is 2.04. The van der Waals surface area contributed by atoms with Crippen LogP contribution in [0.2, 0.25) is 5.02 Å². The highest BCUT2D eigenvalue weighted by molar-refractivity contribution is 6.30. The van der Waals surface area contributed by atoms with Gasteiger partial charge in [0, 0.05) is 36.3 Å². The van der Waals surface area contributed by atoms with E-state index in [0.717, 1.165) is 22.0 Å². The Labute approximate surface area is 118 Å². The third-order valence-electron chi connectivity index (χ3n) is 2.89. The Bertz CT molecular complexity index is 545. The predicted molar refractivity (Wildman–Crippen MR) is 78.7 cm³/mol. The SMILES string of the molecule is COC(CNc1ccnc(C)c1)c1cccc(Cl)c1. The van der Waals surface area contributed by atoms with E-state index in [2.05, 4.69) is 10.3 Å². The van der Waals surface area contributed by atoms with Gasteiger partial charge >= 0.3 is 0 Å². The molecule has 0 spiro atoms. The van der Waals surface area contributed by atoms with Gasteiger partial charge in [0.15, 0.2) is 0 Å². The molecule has 1 aromatic carbocycles. The molecule has 0 aliphatic carbocycles. The monoisotopic (exact) mass is 276 g/mol. The lowest BCUT2D eigenvalue weighted by Gasteiger charge is -2.17. The first kappa shape index (κ1) is 13.8. The summed E-state index contributed by atoms with van der Waals surface area (Å²) < 4.78 is 5.51. The Kier molecular flexibility index (Phi) is 4.77. The van der Waals surface area contributed by atoms with Gasteiger partial charge in [-0.3, -0.25) is 4.98 Å². The summed E-state index contributed by atoms with van der Waals surface area (Å²) in [7, 11) is 1.70. The highest BCUT2D eigenvalue weighted by Gasteiger charge is 2.10. The fourth-order valence-electron chi connectivity index (χ4n) is 1.91. The van der Waals surface area contributed by atoms with Gasteiger partial charge < -0.3 is 10.1 Å². The Hall–Kier alpha value is -1.58. The number of hydrogen-bond acceptors (Lipinski definition) is 3. The van der Waals surface area contributed by atoms with E-state index in [1.165, 1.54) is 0 Å². The molecule has 2 aromatic rings. The molecule has 0 bridgehead atoms. The average Bonchev–Trinajstić information content (AvgIpc) is 2.40. The van der Waals surface area contributed by atoms with Crippen LogP contribution < -0.4 is 5.32 Å². The minimum absolute atomic E-state index is 0.0350. The molecule has 0 fully saturated rings. The molecular formula is C15H17ClN2O. The number of nitrogens with zero attached hydrogens (tertiary/aromatic N) is 1. The molecule has 0 saturated carbocycles. The van der Waals surface area contributed by atoms with Gasteiger partial charge in [-0.05, 0) is 36.8 Å². The van der Waals surface area contributed by atoms with Gasteiger partial charge in [0.1, 0.15) is 0 Å². The molecule has 1 N–H and O–H groups in total. The summed E-state index contributed by atoms with van der Waals surface area (Å²) in [5, 5.41) is 4.07. The molecule has 4 heteroatoms. The van der Waals surface area contributed by atoms with Crippen LogP contribution in [0.4, 0.5) is 5.69 Å². The second-order valence-electron chi connectivity index (χ2n) is 4.35. The molecule has 1 unspecified atom stereocenters. The summed E-state index contributed by atoms with van der Waals surface area (Å²) in [5.41, 5.74) is 3.09. The summed E-state index contributed by atoms with van der Waals surface area (Å²) in [6, 6.07) is 11.7. The topological polar surface area (TPSA) is 34.1 Å². The third-order valence-corrected chi connectivity index (χ3v) is 3.13. The maximum Gasteiger partial charge on any atom is 0.0993 e. The molecular weight excluding hydrogens is 260 g/mol. The summed E-state index contributed by atoms with van der Waals surface area (Å²) in [6.07, 6.45) is 1.76. The van der Waals surface area contributed by atoms with Gasteiger partial charge in [-0.25, -0.2) is 0 Å². The van der Waals surface area contributed by atoms with Crippen molar-refractivity contribution in [1.29, 1.82) is 0 Å². The number of nitrogens with one attached hydrogen (secondary N) is 1. The number of rotatable bonds is 5. The minimum atomic E-state index is -0.0350. The fourth-order valence-corrected chi connectivity index (χ4v) is 2.11. The number of aromatic nitrogens is 1. The third kappa shape index (κ3) is 3.94. The van der Waals surface area contributed by atoms with Crippen molar-refractivity contribution < 1.29 is 4.74 Å². The second-order valence-corrected chi connectivity index (χ2v) is 4.78. The van der Waals surface area contributed by atoms with Crippen molar-refractivity contribution in [3.05, 3.63) is 58.9 Å². The van der Waals surface area contributed by atoms with Crippen LogP contribution in [0, 0.1) is 6.92 Å². The van der Waals surface area contributed by atoms with Gasteiger partial charge in [-0.1, -0.05) is 23.7 Å².